The number of benzene rings is 2. The highest BCUT2D eigenvalue weighted by atomic mass is 35.5. The summed E-state index contributed by atoms with van der Waals surface area (Å²) in [5, 5.41) is 0.0769. The summed E-state index contributed by atoms with van der Waals surface area (Å²) in [6.07, 6.45) is 0. The second kappa shape index (κ2) is 5.17. The lowest BCUT2D eigenvalue weighted by molar-refractivity contribution is 0.476. The molecule has 0 radical (unpaired) electrons. The smallest absolute Gasteiger partial charge is 0.145 e. The molecular formula is C13H11ClFNO. The number of rotatable bonds is 3. The van der Waals surface area contributed by atoms with Crippen LogP contribution in [0, 0.1) is 5.82 Å². The molecular weight excluding hydrogens is 241 g/mol. The van der Waals surface area contributed by atoms with Crippen molar-refractivity contribution in [3.8, 4) is 11.5 Å². The van der Waals surface area contributed by atoms with Crippen LogP contribution in [0.1, 0.15) is 5.56 Å². The van der Waals surface area contributed by atoms with E-state index >= 15 is 0 Å². The zero-order chi connectivity index (χ0) is 12.3. The van der Waals surface area contributed by atoms with E-state index in [0.717, 1.165) is 5.56 Å². The van der Waals surface area contributed by atoms with Gasteiger partial charge in [-0.25, -0.2) is 4.39 Å². The zero-order valence-corrected chi connectivity index (χ0v) is 9.75. The Morgan fingerprint density at radius 1 is 1.12 bits per heavy atom. The maximum absolute atomic E-state index is 13.2. The minimum atomic E-state index is -0.501. The van der Waals surface area contributed by atoms with Gasteiger partial charge in [-0.2, -0.15) is 0 Å². The van der Waals surface area contributed by atoms with Gasteiger partial charge in [-0.15, -0.1) is 0 Å². The Labute approximate surface area is 104 Å². The fourth-order valence-electron chi connectivity index (χ4n) is 1.41. The van der Waals surface area contributed by atoms with E-state index in [2.05, 4.69) is 0 Å². The fourth-order valence-corrected chi connectivity index (χ4v) is 1.53. The van der Waals surface area contributed by atoms with E-state index in [1.807, 2.05) is 18.2 Å². The van der Waals surface area contributed by atoms with Gasteiger partial charge in [0.1, 0.15) is 17.3 Å². The van der Waals surface area contributed by atoms with Crippen molar-refractivity contribution in [1.29, 1.82) is 0 Å². The Kier molecular flexibility index (Phi) is 3.61. The molecule has 0 atom stereocenters. The first-order valence-electron chi connectivity index (χ1n) is 5.11. The molecule has 0 aliphatic heterocycles. The van der Waals surface area contributed by atoms with Crippen LogP contribution < -0.4 is 10.5 Å². The Balaban J connectivity index is 2.22. The third-order valence-electron chi connectivity index (χ3n) is 2.26. The maximum Gasteiger partial charge on any atom is 0.145 e. The summed E-state index contributed by atoms with van der Waals surface area (Å²) in [5.74, 6) is 0.523. The Bertz CT molecular complexity index is 531. The van der Waals surface area contributed by atoms with Gasteiger partial charge in [0.25, 0.3) is 0 Å². The van der Waals surface area contributed by atoms with E-state index in [9.17, 15) is 4.39 Å². The predicted octanol–water partition coefficient (Wildman–Crippen LogP) is 3.73. The highest BCUT2D eigenvalue weighted by Gasteiger charge is 2.03. The van der Waals surface area contributed by atoms with Crippen molar-refractivity contribution < 1.29 is 9.13 Å². The number of ether oxygens (including phenoxy) is 1. The summed E-state index contributed by atoms with van der Waals surface area (Å²) >= 11 is 5.58. The lowest BCUT2D eigenvalue weighted by Gasteiger charge is -2.07. The molecule has 0 heterocycles. The third kappa shape index (κ3) is 2.96. The molecule has 2 N–H and O–H groups in total. The highest BCUT2D eigenvalue weighted by Crippen LogP contribution is 2.25. The molecule has 0 aliphatic rings. The first-order valence-corrected chi connectivity index (χ1v) is 5.49. The molecule has 0 unspecified atom stereocenters. The average molecular weight is 252 g/mol. The molecule has 0 fully saturated rings. The summed E-state index contributed by atoms with van der Waals surface area (Å²) < 4.78 is 18.7. The molecule has 2 nitrogen and oxygen atoms in total. The summed E-state index contributed by atoms with van der Waals surface area (Å²) in [6.45, 7) is 0.437. The minimum Gasteiger partial charge on any atom is -0.457 e. The van der Waals surface area contributed by atoms with Crippen LogP contribution in [0.25, 0.3) is 0 Å². The van der Waals surface area contributed by atoms with E-state index in [1.54, 1.807) is 12.1 Å². The zero-order valence-electron chi connectivity index (χ0n) is 8.99. The first-order chi connectivity index (χ1) is 8.19. The molecule has 0 aliphatic carbocycles. The quantitative estimate of drug-likeness (QED) is 0.902. The van der Waals surface area contributed by atoms with Crippen LogP contribution in [0.15, 0.2) is 42.5 Å². The average Bonchev–Trinajstić information content (AvgIpc) is 2.34. The van der Waals surface area contributed by atoms with E-state index in [1.165, 1.54) is 12.1 Å². The van der Waals surface area contributed by atoms with E-state index < -0.39 is 5.82 Å². The highest BCUT2D eigenvalue weighted by molar-refractivity contribution is 6.30. The molecule has 0 spiro atoms. The molecule has 2 rings (SSSR count). The normalized spacial score (nSPS) is 10.3. The summed E-state index contributed by atoms with van der Waals surface area (Å²) in [5.41, 5.74) is 6.48. The van der Waals surface area contributed by atoms with Crippen LogP contribution >= 0.6 is 11.6 Å². The van der Waals surface area contributed by atoms with Crippen LogP contribution in [0.4, 0.5) is 4.39 Å². The summed E-state index contributed by atoms with van der Waals surface area (Å²) in [6, 6.07) is 11.6. The topological polar surface area (TPSA) is 35.2 Å². The lowest BCUT2D eigenvalue weighted by Crippen LogP contribution is -1.96. The van der Waals surface area contributed by atoms with Crippen molar-refractivity contribution in [2.24, 2.45) is 5.73 Å². The Hall–Kier alpha value is -1.58. The molecule has 4 heteroatoms. The van der Waals surface area contributed by atoms with Gasteiger partial charge in [0.05, 0.1) is 5.02 Å². The standard InChI is InChI=1S/C13H11ClFNO/c14-12-5-4-11(7-13(12)15)17-10-3-1-2-9(6-10)8-16/h1-7H,8,16H2. The van der Waals surface area contributed by atoms with Gasteiger partial charge in [-0.1, -0.05) is 23.7 Å². The fraction of sp³-hybridized carbons (Fsp3) is 0.0769. The van der Waals surface area contributed by atoms with Crippen molar-refractivity contribution >= 4 is 11.6 Å². The Morgan fingerprint density at radius 2 is 1.88 bits per heavy atom. The number of halogens is 2. The van der Waals surface area contributed by atoms with Crippen molar-refractivity contribution in [3.05, 3.63) is 58.9 Å². The van der Waals surface area contributed by atoms with Gasteiger partial charge < -0.3 is 10.5 Å². The third-order valence-corrected chi connectivity index (χ3v) is 2.57. The monoisotopic (exact) mass is 251 g/mol. The summed E-state index contributed by atoms with van der Waals surface area (Å²) in [4.78, 5) is 0. The molecule has 2 aromatic carbocycles. The van der Waals surface area contributed by atoms with Gasteiger partial charge in [0.2, 0.25) is 0 Å². The van der Waals surface area contributed by atoms with Crippen molar-refractivity contribution in [1.82, 2.24) is 0 Å². The van der Waals surface area contributed by atoms with Crippen molar-refractivity contribution in [3.63, 3.8) is 0 Å². The van der Waals surface area contributed by atoms with Gasteiger partial charge >= 0.3 is 0 Å². The number of nitrogens with two attached hydrogens (primary N) is 1. The van der Waals surface area contributed by atoms with Gasteiger partial charge in [0, 0.05) is 12.6 Å². The molecule has 0 bridgehead atoms. The van der Waals surface area contributed by atoms with Crippen molar-refractivity contribution in [2.45, 2.75) is 6.54 Å². The second-order valence-corrected chi connectivity index (χ2v) is 3.94. The minimum absolute atomic E-state index is 0.0769. The van der Waals surface area contributed by atoms with Gasteiger partial charge in [-0.05, 0) is 29.8 Å². The van der Waals surface area contributed by atoms with Crippen molar-refractivity contribution in [2.75, 3.05) is 0 Å². The van der Waals surface area contributed by atoms with E-state index in [-0.39, 0.29) is 5.02 Å². The van der Waals surface area contributed by atoms with Crippen LogP contribution in [0.5, 0.6) is 11.5 Å². The molecule has 2 aromatic rings. The molecule has 0 saturated heterocycles. The molecule has 0 amide bonds. The predicted molar refractivity (Wildman–Crippen MR) is 65.8 cm³/mol. The van der Waals surface area contributed by atoms with Gasteiger partial charge in [-0.3, -0.25) is 0 Å². The molecule has 88 valence electrons. The first kappa shape index (κ1) is 11.9. The largest absolute Gasteiger partial charge is 0.457 e. The molecule has 0 aromatic heterocycles. The number of hydrogen-bond acceptors (Lipinski definition) is 2. The Morgan fingerprint density at radius 3 is 2.59 bits per heavy atom. The molecule has 0 saturated carbocycles. The van der Waals surface area contributed by atoms with Gasteiger partial charge in [0.15, 0.2) is 0 Å². The van der Waals surface area contributed by atoms with Crippen LogP contribution in [0.2, 0.25) is 5.02 Å². The van der Waals surface area contributed by atoms with Crippen LogP contribution in [-0.4, -0.2) is 0 Å². The van der Waals surface area contributed by atoms with E-state index in [0.29, 0.717) is 18.0 Å². The maximum atomic E-state index is 13.2. The summed E-state index contributed by atoms with van der Waals surface area (Å²) in [7, 11) is 0. The SMILES string of the molecule is NCc1cccc(Oc2ccc(Cl)c(F)c2)c1. The van der Waals surface area contributed by atoms with Crippen LogP contribution in [-0.2, 0) is 6.54 Å². The lowest BCUT2D eigenvalue weighted by atomic mass is 10.2. The van der Waals surface area contributed by atoms with E-state index in [4.69, 9.17) is 22.1 Å². The van der Waals surface area contributed by atoms with Crippen LogP contribution in [0.3, 0.4) is 0 Å². The molecule has 17 heavy (non-hydrogen) atoms. The second-order valence-electron chi connectivity index (χ2n) is 3.53. The number of hydrogen-bond donors (Lipinski definition) is 1.